The standard InChI is InChI=1S/C26H27N7O/c1-16-12-32(13-17(2)28-16)25-6-4-5-23(30-31-25)22-8-7-19(10-24(22)34)21-9-20(11-27)26-29-18(3)14-33(26)15-21/h4-5,7-10,14-17,28,34H,6,12-13H2,1-3H3/t16-,17+. The largest absolute Gasteiger partial charge is 0.507 e. The van der Waals surface area contributed by atoms with Crippen molar-refractivity contribution in [2.45, 2.75) is 39.3 Å². The van der Waals surface area contributed by atoms with Crippen molar-refractivity contribution < 1.29 is 5.11 Å². The van der Waals surface area contributed by atoms with Crippen LogP contribution >= 0.6 is 0 Å². The zero-order valence-electron chi connectivity index (χ0n) is 19.5. The lowest BCUT2D eigenvalue weighted by Crippen LogP contribution is -2.55. The number of rotatable bonds is 2. The molecule has 8 heteroatoms. The summed E-state index contributed by atoms with van der Waals surface area (Å²) in [5.41, 5.74) is 4.82. The summed E-state index contributed by atoms with van der Waals surface area (Å²) in [5.74, 6) is 1.06. The third-order valence-electron chi connectivity index (χ3n) is 6.17. The molecule has 5 rings (SSSR count). The highest BCUT2D eigenvalue weighted by Gasteiger charge is 2.24. The molecule has 4 heterocycles. The first-order valence-corrected chi connectivity index (χ1v) is 11.5. The van der Waals surface area contributed by atoms with Crippen LogP contribution in [0.1, 0.15) is 37.1 Å². The number of nitrogens with one attached hydrogen (secondary N) is 1. The van der Waals surface area contributed by atoms with Crippen LogP contribution < -0.4 is 5.32 Å². The second-order valence-electron chi connectivity index (χ2n) is 9.08. The Kier molecular flexibility index (Phi) is 5.64. The summed E-state index contributed by atoms with van der Waals surface area (Å²) in [6, 6.07) is 10.3. The van der Waals surface area contributed by atoms with E-state index in [4.69, 9.17) is 0 Å². The number of aromatic nitrogens is 2. The van der Waals surface area contributed by atoms with Crippen molar-refractivity contribution in [1.29, 1.82) is 5.26 Å². The van der Waals surface area contributed by atoms with Gasteiger partial charge in [-0.25, -0.2) is 4.98 Å². The summed E-state index contributed by atoms with van der Waals surface area (Å²) < 4.78 is 1.85. The molecule has 1 aromatic carbocycles. The fraction of sp³-hybridized carbons (Fsp3) is 0.308. The minimum absolute atomic E-state index is 0.115. The van der Waals surface area contributed by atoms with Crippen LogP contribution in [0.4, 0.5) is 0 Å². The Morgan fingerprint density at radius 1 is 1.09 bits per heavy atom. The Bertz CT molecular complexity index is 1380. The molecule has 0 saturated carbocycles. The van der Waals surface area contributed by atoms with E-state index in [1.165, 1.54) is 0 Å². The number of benzene rings is 1. The van der Waals surface area contributed by atoms with Gasteiger partial charge in [0, 0.05) is 49.6 Å². The van der Waals surface area contributed by atoms with E-state index in [1.807, 2.05) is 48.0 Å². The second kappa shape index (κ2) is 8.76. The van der Waals surface area contributed by atoms with Gasteiger partial charge in [0.2, 0.25) is 0 Å². The van der Waals surface area contributed by atoms with E-state index < -0.39 is 0 Å². The van der Waals surface area contributed by atoms with E-state index in [9.17, 15) is 10.4 Å². The molecule has 1 fully saturated rings. The molecule has 2 aliphatic heterocycles. The molecule has 2 N–H and O–H groups in total. The molecule has 2 aromatic heterocycles. The van der Waals surface area contributed by atoms with E-state index in [1.54, 1.807) is 12.1 Å². The van der Waals surface area contributed by atoms with E-state index in [0.717, 1.165) is 35.7 Å². The summed E-state index contributed by atoms with van der Waals surface area (Å²) >= 11 is 0. The van der Waals surface area contributed by atoms with Crippen molar-refractivity contribution >= 4 is 17.2 Å². The van der Waals surface area contributed by atoms with E-state index in [2.05, 4.69) is 45.3 Å². The number of hydrogen-bond donors (Lipinski definition) is 2. The van der Waals surface area contributed by atoms with E-state index in [-0.39, 0.29) is 5.75 Å². The number of allylic oxidation sites excluding steroid dienone is 1. The third-order valence-corrected chi connectivity index (χ3v) is 6.17. The number of nitrogens with zero attached hydrogens (tertiary/aromatic N) is 6. The zero-order chi connectivity index (χ0) is 23.8. The summed E-state index contributed by atoms with van der Waals surface area (Å²) in [5, 5.41) is 33.0. The third kappa shape index (κ3) is 4.18. The highest BCUT2D eigenvalue weighted by atomic mass is 16.3. The van der Waals surface area contributed by atoms with Crippen molar-refractivity contribution in [2.75, 3.05) is 13.1 Å². The monoisotopic (exact) mass is 453 g/mol. The first-order valence-electron chi connectivity index (χ1n) is 11.5. The van der Waals surface area contributed by atoms with Crippen LogP contribution in [-0.2, 0) is 0 Å². The number of hydrogen-bond acceptors (Lipinski definition) is 7. The van der Waals surface area contributed by atoms with Crippen LogP contribution in [0.15, 0.2) is 59.0 Å². The highest BCUT2D eigenvalue weighted by Crippen LogP contribution is 2.29. The Balaban J connectivity index is 1.45. The first kappa shape index (κ1) is 21.9. The molecule has 3 aromatic rings. The molecule has 0 bridgehead atoms. The number of pyridine rings is 1. The number of phenols is 1. The number of phenolic OH excluding ortho intramolecular Hbond substituents is 1. The number of nitriles is 1. The first-order chi connectivity index (χ1) is 16.4. The average molecular weight is 454 g/mol. The maximum Gasteiger partial charge on any atom is 0.155 e. The molecule has 0 unspecified atom stereocenters. The average Bonchev–Trinajstić information content (AvgIpc) is 3.01. The van der Waals surface area contributed by atoms with E-state index in [0.29, 0.717) is 41.0 Å². The van der Waals surface area contributed by atoms with Gasteiger partial charge in [-0.15, -0.1) is 10.2 Å². The number of fused-ring (bicyclic) bond motifs is 1. The van der Waals surface area contributed by atoms with Gasteiger partial charge in [0.15, 0.2) is 5.65 Å². The molecular formula is C26H27N7O. The predicted octanol–water partition coefficient (Wildman–Crippen LogP) is 3.63. The lowest BCUT2D eigenvalue weighted by atomic mass is 10.0. The molecule has 2 aliphatic rings. The quantitative estimate of drug-likeness (QED) is 0.617. The van der Waals surface area contributed by atoms with Crippen molar-refractivity contribution in [1.82, 2.24) is 19.6 Å². The van der Waals surface area contributed by atoms with Gasteiger partial charge in [0.05, 0.1) is 17.0 Å². The Labute approximate surface area is 198 Å². The molecule has 0 amide bonds. The molecule has 172 valence electrons. The smallest absolute Gasteiger partial charge is 0.155 e. The van der Waals surface area contributed by atoms with Gasteiger partial charge in [-0.1, -0.05) is 12.1 Å². The highest BCUT2D eigenvalue weighted by molar-refractivity contribution is 6.11. The fourth-order valence-electron chi connectivity index (χ4n) is 4.72. The predicted molar refractivity (Wildman–Crippen MR) is 133 cm³/mol. The Morgan fingerprint density at radius 2 is 1.88 bits per heavy atom. The van der Waals surface area contributed by atoms with Gasteiger partial charge in [-0.05, 0) is 56.2 Å². The van der Waals surface area contributed by atoms with Crippen LogP contribution in [0.2, 0.25) is 0 Å². The van der Waals surface area contributed by atoms with Crippen LogP contribution in [0, 0.1) is 18.3 Å². The fourth-order valence-corrected chi connectivity index (χ4v) is 4.72. The van der Waals surface area contributed by atoms with Crippen LogP contribution in [0.3, 0.4) is 0 Å². The van der Waals surface area contributed by atoms with Crippen molar-refractivity contribution in [3.63, 3.8) is 0 Å². The number of amidine groups is 1. The summed E-state index contributed by atoms with van der Waals surface area (Å²) in [6.45, 7) is 8.04. The van der Waals surface area contributed by atoms with Crippen LogP contribution in [-0.4, -0.2) is 56.1 Å². The van der Waals surface area contributed by atoms with Crippen molar-refractivity contribution in [3.8, 4) is 22.9 Å². The van der Waals surface area contributed by atoms with Gasteiger partial charge in [-0.2, -0.15) is 5.26 Å². The second-order valence-corrected chi connectivity index (χ2v) is 9.08. The zero-order valence-corrected chi connectivity index (χ0v) is 19.5. The number of piperazine rings is 1. The lowest BCUT2D eigenvalue weighted by molar-refractivity contribution is 0.252. The normalized spacial score (nSPS) is 20.6. The number of aryl methyl sites for hydroxylation is 1. The van der Waals surface area contributed by atoms with E-state index >= 15 is 0 Å². The molecule has 0 aliphatic carbocycles. The van der Waals surface area contributed by atoms with Crippen LogP contribution in [0.25, 0.3) is 16.8 Å². The molecule has 34 heavy (non-hydrogen) atoms. The molecule has 0 radical (unpaired) electrons. The van der Waals surface area contributed by atoms with Gasteiger partial charge in [0.25, 0.3) is 0 Å². The Hall–Kier alpha value is -3.96. The van der Waals surface area contributed by atoms with Gasteiger partial charge >= 0.3 is 0 Å². The van der Waals surface area contributed by atoms with Gasteiger partial charge in [-0.3, -0.25) is 0 Å². The van der Waals surface area contributed by atoms with Crippen molar-refractivity contribution in [2.24, 2.45) is 10.2 Å². The summed E-state index contributed by atoms with van der Waals surface area (Å²) in [4.78, 5) is 6.70. The molecule has 8 nitrogen and oxygen atoms in total. The maximum atomic E-state index is 10.9. The van der Waals surface area contributed by atoms with Gasteiger partial charge in [0.1, 0.15) is 17.7 Å². The number of imidazole rings is 1. The van der Waals surface area contributed by atoms with Crippen molar-refractivity contribution in [3.05, 3.63) is 65.6 Å². The minimum Gasteiger partial charge on any atom is -0.507 e. The molecule has 1 saturated heterocycles. The SMILES string of the molecule is Cc1cn2cc(-c3ccc(C4=NN=C(N5C[C@@H](C)N[C@@H](C)C5)CC=C4)c(O)c3)cc(C#N)c2n1. The summed E-state index contributed by atoms with van der Waals surface area (Å²) in [7, 11) is 0. The molecule has 0 spiro atoms. The topological polar surface area (TPSA) is 101 Å². The Morgan fingerprint density at radius 3 is 2.62 bits per heavy atom. The maximum absolute atomic E-state index is 10.9. The van der Waals surface area contributed by atoms with Gasteiger partial charge < -0.3 is 19.7 Å². The molecule has 2 atom stereocenters. The lowest BCUT2D eigenvalue weighted by Gasteiger charge is -2.37. The summed E-state index contributed by atoms with van der Waals surface area (Å²) in [6.07, 6.45) is 8.46. The minimum atomic E-state index is 0.115. The number of aromatic hydroxyl groups is 1. The molecular weight excluding hydrogens is 426 g/mol. The van der Waals surface area contributed by atoms with Crippen LogP contribution in [0.5, 0.6) is 5.75 Å².